The fourth-order valence-electron chi connectivity index (χ4n) is 3.59. The van der Waals surface area contributed by atoms with Gasteiger partial charge in [0.15, 0.2) is 12.4 Å². The molecule has 1 aromatic carbocycles. The Labute approximate surface area is 230 Å². The van der Waals surface area contributed by atoms with Crippen molar-refractivity contribution >= 4 is 40.2 Å². The second kappa shape index (κ2) is 13.5. The monoisotopic (exact) mass is 584 g/mol. The van der Waals surface area contributed by atoms with Crippen LogP contribution in [0.4, 0.5) is 18.0 Å². The lowest BCUT2D eigenvalue weighted by Crippen LogP contribution is -2.40. The van der Waals surface area contributed by atoms with Crippen molar-refractivity contribution in [2.24, 2.45) is 0 Å². The van der Waals surface area contributed by atoms with Crippen molar-refractivity contribution in [3.8, 4) is 5.75 Å². The van der Waals surface area contributed by atoms with Crippen molar-refractivity contribution < 1.29 is 46.3 Å². The van der Waals surface area contributed by atoms with E-state index >= 15 is 0 Å². The highest BCUT2D eigenvalue weighted by atomic mass is 32.2. The number of carbonyl (C=O) groups excluding carboxylic acids is 3. The molecule has 0 saturated heterocycles. The van der Waals surface area contributed by atoms with Gasteiger partial charge in [-0.05, 0) is 25.1 Å². The number of imidazole rings is 1. The van der Waals surface area contributed by atoms with Crippen LogP contribution in [0.1, 0.15) is 25.1 Å². The molecule has 1 atom stereocenters. The molecule has 0 bridgehead atoms. The third-order valence-corrected chi connectivity index (χ3v) is 6.66. The van der Waals surface area contributed by atoms with Gasteiger partial charge in [0, 0.05) is 36.8 Å². The fraction of sp³-hybridized carbons (Fsp3) is 0.400. The number of alkyl halides is 3. The molecule has 3 aromatic rings. The lowest BCUT2D eigenvalue weighted by molar-refractivity contribution is -0.153. The van der Waals surface area contributed by atoms with Crippen LogP contribution in [0.5, 0.6) is 5.75 Å². The Morgan fingerprint density at radius 2 is 1.68 bits per heavy atom. The van der Waals surface area contributed by atoms with Crippen molar-refractivity contribution in [3.63, 3.8) is 0 Å². The minimum Gasteiger partial charge on any atom is -0.609 e. The first kappa shape index (κ1) is 30.7. The molecule has 0 spiro atoms. The van der Waals surface area contributed by atoms with E-state index in [1.54, 1.807) is 24.3 Å². The average Bonchev–Trinajstić information content (AvgIpc) is 3.27. The van der Waals surface area contributed by atoms with Crippen LogP contribution < -0.4 is 4.74 Å². The maximum absolute atomic E-state index is 13.7. The van der Waals surface area contributed by atoms with Gasteiger partial charge < -0.3 is 23.7 Å². The van der Waals surface area contributed by atoms with Gasteiger partial charge in [-0.25, -0.2) is 9.36 Å². The van der Waals surface area contributed by atoms with E-state index in [2.05, 4.69) is 9.97 Å². The van der Waals surface area contributed by atoms with E-state index in [4.69, 9.17) is 14.2 Å². The van der Waals surface area contributed by atoms with Crippen LogP contribution in [0.3, 0.4) is 0 Å². The van der Waals surface area contributed by atoms with Crippen LogP contribution in [0.2, 0.25) is 0 Å². The molecule has 216 valence electrons. The predicted molar refractivity (Wildman–Crippen MR) is 136 cm³/mol. The van der Waals surface area contributed by atoms with Crippen molar-refractivity contribution in [2.75, 3.05) is 32.9 Å². The topological polar surface area (TPSA) is 136 Å². The van der Waals surface area contributed by atoms with Crippen LogP contribution in [0.15, 0.2) is 41.7 Å². The van der Waals surface area contributed by atoms with E-state index in [1.165, 1.54) is 37.9 Å². The standard InChI is InChI=1S/C25H27F3N4O7S/c1-16-20(29-9-8-22(16)39-15-25(26,27)28)14-40(36)23-30-19-6-4-5-7-21(19)32(23)24(35)31(10-12-37-17(2)33)11-13-38-18(3)34/h4-9H,10-15H2,1-3H3. The average molecular weight is 585 g/mol. The molecule has 2 aromatic heterocycles. The molecule has 0 saturated carbocycles. The zero-order chi connectivity index (χ0) is 29.4. The van der Waals surface area contributed by atoms with E-state index in [9.17, 15) is 32.1 Å². The number of para-hydroxylation sites is 2. The van der Waals surface area contributed by atoms with E-state index < -0.39 is 41.9 Å². The highest BCUT2D eigenvalue weighted by Crippen LogP contribution is 2.27. The molecule has 3 rings (SSSR count). The Balaban J connectivity index is 1.93. The number of benzene rings is 1. The second-order valence-electron chi connectivity index (χ2n) is 8.44. The number of rotatable bonds is 11. The number of amides is 1. The number of halogens is 3. The first-order valence-electron chi connectivity index (χ1n) is 11.9. The number of fused-ring (bicyclic) bond motifs is 1. The second-order valence-corrected chi connectivity index (χ2v) is 9.79. The summed E-state index contributed by atoms with van der Waals surface area (Å²) in [6.45, 7) is 2.03. The molecule has 0 fully saturated rings. The van der Waals surface area contributed by atoms with Crippen LogP contribution in [-0.4, -0.2) is 81.0 Å². The van der Waals surface area contributed by atoms with Crippen LogP contribution in [0.25, 0.3) is 11.0 Å². The fourth-order valence-corrected chi connectivity index (χ4v) is 4.84. The molecular weight excluding hydrogens is 557 g/mol. The molecule has 0 aliphatic rings. The number of esters is 2. The van der Waals surface area contributed by atoms with E-state index in [0.29, 0.717) is 11.0 Å². The Morgan fingerprint density at radius 1 is 1.05 bits per heavy atom. The number of aromatic nitrogens is 3. The summed E-state index contributed by atoms with van der Waals surface area (Å²) in [5.74, 6) is -1.43. The number of pyridine rings is 1. The van der Waals surface area contributed by atoms with E-state index in [0.717, 1.165) is 4.57 Å². The highest BCUT2D eigenvalue weighted by Gasteiger charge is 2.31. The van der Waals surface area contributed by atoms with Crippen LogP contribution in [0, 0.1) is 6.92 Å². The van der Waals surface area contributed by atoms with Gasteiger partial charge in [-0.3, -0.25) is 14.6 Å². The first-order valence-corrected chi connectivity index (χ1v) is 13.2. The van der Waals surface area contributed by atoms with Crippen molar-refractivity contribution in [2.45, 2.75) is 37.9 Å². The number of hydrogen-bond donors (Lipinski definition) is 0. The summed E-state index contributed by atoms with van der Waals surface area (Å²) >= 11 is -1.99. The van der Waals surface area contributed by atoms with Gasteiger partial charge >= 0.3 is 29.3 Å². The van der Waals surface area contributed by atoms with Crippen molar-refractivity contribution in [1.82, 2.24) is 19.4 Å². The Hall–Kier alpha value is -3.85. The number of nitrogens with zero attached hydrogens (tertiary/aromatic N) is 4. The Bertz CT molecular complexity index is 1350. The molecule has 40 heavy (non-hydrogen) atoms. The third-order valence-electron chi connectivity index (χ3n) is 5.45. The Kier molecular flexibility index (Phi) is 10.3. The number of hydrogen-bond acceptors (Lipinski definition) is 9. The predicted octanol–water partition coefficient (Wildman–Crippen LogP) is 3.38. The van der Waals surface area contributed by atoms with Gasteiger partial charge in [-0.1, -0.05) is 12.1 Å². The summed E-state index contributed by atoms with van der Waals surface area (Å²) in [5, 5.41) is -0.126. The SMILES string of the molecule is CC(=O)OCCN(CCOC(C)=O)C(=O)n1c([S+]([O-])Cc2nccc(OCC(F)(F)F)c2C)nc2ccccc21. The first-order chi connectivity index (χ1) is 18.9. The summed E-state index contributed by atoms with van der Waals surface area (Å²) in [4.78, 5) is 46.0. The largest absolute Gasteiger partial charge is 0.609 e. The minimum atomic E-state index is -4.54. The van der Waals surface area contributed by atoms with Crippen molar-refractivity contribution in [3.05, 3.63) is 47.8 Å². The molecule has 0 N–H and O–H groups in total. The van der Waals surface area contributed by atoms with Gasteiger partial charge in [-0.2, -0.15) is 18.2 Å². The quantitative estimate of drug-likeness (QED) is 0.245. The third kappa shape index (κ3) is 8.32. The summed E-state index contributed by atoms with van der Waals surface area (Å²) in [6, 6.07) is 7.18. The molecule has 1 unspecified atom stereocenters. The Morgan fingerprint density at radius 3 is 2.27 bits per heavy atom. The molecule has 2 heterocycles. The van der Waals surface area contributed by atoms with Gasteiger partial charge in [0.2, 0.25) is 0 Å². The molecule has 11 nitrogen and oxygen atoms in total. The maximum Gasteiger partial charge on any atom is 0.422 e. The smallest absolute Gasteiger partial charge is 0.422 e. The molecule has 15 heteroatoms. The lowest BCUT2D eigenvalue weighted by atomic mass is 10.2. The summed E-state index contributed by atoms with van der Waals surface area (Å²) in [5.41, 5.74) is 1.17. The molecule has 0 aliphatic heterocycles. The summed E-state index contributed by atoms with van der Waals surface area (Å²) < 4.78 is 67.4. The molecular formula is C25H27F3N4O7S. The number of carbonyl (C=O) groups is 3. The van der Waals surface area contributed by atoms with Gasteiger partial charge in [-0.15, -0.1) is 0 Å². The molecule has 0 radical (unpaired) electrons. The van der Waals surface area contributed by atoms with E-state index in [-0.39, 0.29) is 54.2 Å². The zero-order valence-corrected chi connectivity index (χ0v) is 22.7. The lowest BCUT2D eigenvalue weighted by Gasteiger charge is -2.23. The summed E-state index contributed by atoms with van der Waals surface area (Å²) in [7, 11) is 0. The normalized spacial score (nSPS) is 12.2. The summed E-state index contributed by atoms with van der Waals surface area (Å²) in [6.07, 6.45) is -3.30. The van der Waals surface area contributed by atoms with Gasteiger partial charge in [0.05, 0.1) is 29.8 Å². The van der Waals surface area contributed by atoms with Gasteiger partial charge in [0.1, 0.15) is 19.0 Å². The van der Waals surface area contributed by atoms with Crippen molar-refractivity contribution in [1.29, 1.82) is 0 Å². The van der Waals surface area contributed by atoms with Crippen LogP contribution in [-0.2, 0) is 36.0 Å². The highest BCUT2D eigenvalue weighted by molar-refractivity contribution is 7.90. The van der Waals surface area contributed by atoms with E-state index in [1.807, 2.05) is 0 Å². The molecule has 1 amide bonds. The minimum absolute atomic E-state index is 0.0580. The number of ether oxygens (including phenoxy) is 3. The van der Waals surface area contributed by atoms with Crippen LogP contribution >= 0.6 is 0 Å². The maximum atomic E-state index is 13.7. The zero-order valence-electron chi connectivity index (χ0n) is 21.9. The van der Waals surface area contributed by atoms with Gasteiger partial charge in [0.25, 0.3) is 0 Å². The molecule has 0 aliphatic carbocycles.